The molecule has 0 saturated heterocycles. The van der Waals surface area contributed by atoms with Gasteiger partial charge in [0.1, 0.15) is 6.54 Å². The molecule has 0 aliphatic carbocycles. The first-order valence-corrected chi connectivity index (χ1v) is 7.81. The predicted molar refractivity (Wildman–Crippen MR) is 75.7 cm³/mol. The van der Waals surface area contributed by atoms with E-state index in [9.17, 15) is 13.2 Å². The highest BCUT2D eigenvalue weighted by Crippen LogP contribution is 2.16. The van der Waals surface area contributed by atoms with Crippen molar-refractivity contribution < 1.29 is 17.9 Å². The number of benzene rings is 1. The lowest BCUT2D eigenvalue weighted by atomic mass is 10.1. The van der Waals surface area contributed by atoms with Gasteiger partial charge in [0, 0.05) is 6.04 Å². The lowest BCUT2D eigenvalue weighted by molar-refractivity contribution is -0.141. The lowest BCUT2D eigenvalue weighted by Crippen LogP contribution is -2.30. The van der Waals surface area contributed by atoms with E-state index in [2.05, 4.69) is 14.8 Å². The minimum absolute atomic E-state index is 0.0372. The van der Waals surface area contributed by atoms with Crippen LogP contribution < -0.4 is 10.0 Å². The van der Waals surface area contributed by atoms with Gasteiger partial charge >= 0.3 is 5.97 Å². The first-order valence-electron chi connectivity index (χ1n) is 6.33. The van der Waals surface area contributed by atoms with Crippen LogP contribution in [0, 0.1) is 0 Å². The summed E-state index contributed by atoms with van der Waals surface area (Å²) < 4.78 is 31.0. The van der Waals surface area contributed by atoms with Crippen LogP contribution >= 0.6 is 0 Å². The van der Waals surface area contributed by atoms with Crippen molar-refractivity contribution in [2.45, 2.75) is 24.8 Å². The quantitative estimate of drug-likeness (QED) is 0.728. The van der Waals surface area contributed by atoms with E-state index >= 15 is 0 Å². The zero-order chi connectivity index (χ0) is 15.2. The van der Waals surface area contributed by atoms with Gasteiger partial charge in [-0.15, -0.1) is 0 Å². The monoisotopic (exact) mass is 300 g/mol. The average molecular weight is 300 g/mol. The Kier molecular flexibility index (Phi) is 6.12. The molecule has 1 aromatic carbocycles. The molecule has 2 N–H and O–H groups in total. The van der Waals surface area contributed by atoms with Gasteiger partial charge in [-0.25, -0.2) is 8.42 Å². The maximum absolute atomic E-state index is 12.1. The van der Waals surface area contributed by atoms with E-state index in [1.807, 2.05) is 13.0 Å². The highest BCUT2D eigenvalue weighted by atomic mass is 32.2. The molecule has 0 spiro atoms. The van der Waals surface area contributed by atoms with Crippen LogP contribution in [0.4, 0.5) is 0 Å². The van der Waals surface area contributed by atoms with Gasteiger partial charge in [-0.3, -0.25) is 4.79 Å². The zero-order valence-corrected chi connectivity index (χ0v) is 12.7. The predicted octanol–water partition coefficient (Wildman–Crippen LogP) is 0.808. The summed E-state index contributed by atoms with van der Waals surface area (Å²) in [5.41, 5.74) is 0.853. The van der Waals surface area contributed by atoms with E-state index in [0.29, 0.717) is 0 Å². The molecule has 0 amide bonds. The summed E-state index contributed by atoms with van der Waals surface area (Å²) in [5.74, 6) is -0.601. The standard InChI is InChI=1S/C13H20N2O4S/c1-4-19-13(16)9-15-20(17,18)12-7-5-6-11(8-12)10(2)14-3/h5-8,10,14-15H,4,9H2,1-3H3. The van der Waals surface area contributed by atoms with Crippen LogP contribution in [0.1, 0.15) is 25.5 Å². The van der Waals surface area contributed by atoms with Crippen LogP contribution in [0.3, 0.4) is 0 Å². The van der Waals surface area contributed by atoms with Crippen molar-refractivity contribution in [3.05, 3.63) is 29.8 Å². The van der Waals surface area contributed by atoms with Gasteiger partial charge in [-0.2, -0.15) is 4.72 Å². The van der Waals surface area contributed by atoms with E-state index in [0.717, 1.165) is 5.56 Å². The Hall–Kier alpha value is -1.44. The van der Waals surface area contributed by atoms with Crippen LogP contribution in [-0.2, 0) is 19.6 Å². The van der Waals surface area contributed by atoms with Crippen molar-refractivity contribution in [1.29, 1.82) is 0 Å². The third kappa shape index (κ3) is 4.59. The van der Waals surface area contributed by atoms with Crippen LogP contribution in [0.2, 0.25) is 0 Å². The second-order valence-corrected chi connectivity index (χ2v) is 5.98. The van der Waals surface area contributed by atoms with Crippen LogP contribution in [-0.4, -0.2) is 34.6 Å². The number of nitrogens with one attached hydrogen (secondary N) is 2. The summed E-state index contributed by atoms with van der Waals surface area (Å²) in [5, 5.41) is 3.04. The van der Waals surface area contributed by atoms with E-state index in [1.54, 1.807) is 26.1 Å². The molecule has 0 aliphatic heterocycles. The fourth-order valence-electron chi connectivity index (χ4n) is 1.57. The Bertz CT molecular complexity index is 557. The summed E-state index contributed by atoms with van der Waals surface area (Å²) in [6.07, 6.45) is 0. The molecule has 0 heterocycles. The van der Waals surface area contributed by atoms with Crippen molar-refractivity contribution in [2.24, 2.45) is 0 Å². The summed E-state index contributed by atoms with van der Waals surface area (Å²) >= 11 is 0. The molecule has 0 radical (unpaired) electrons. The first kappa shape index (κ1) is 16.6. The van der Waals surface area contributed by atoms with Crippen LogP contribution in [0.15, 0.2) is 29.2 Å². The number of esters is 1. The maximum atomic E-state index is 12.1. The van der Waals surface area contributed by atoms with Crippen LogP contribution in [0.25, 0.3) is 0 Å². The zero-order valence-electron chi connectivity index (χ0n) is 11.8. The van der Waals surface area contributed by atoms with Gasteiger partial charge in [-0.05, 0) is 38.6 Å². The van der Waals surface area contributed by atoms with Gasteiger partial charge in [-0.1, -0.05) is 12.1 Å². The number of carbonyl (C=O) groups is 1. The van der Waals surface area contributed by atoms with Gasteiger partial charge in [0.2, 0.25) is 10.0 Å². The van der Waals surface area contributed by atoms with E-state index in [-0.39, 0.29) is 24.1 Å². The average Bonchev–Trinajstić information content (AvgIpc) is 2.45. The Morgan fingerprint density at radius 3 is 2.70 bits per heavy atom. The van der Waals surface area contributed by atoms with Crippen molar-refractivity contribution >= 4 is 16.0 Å². The van der Waals surface area contributed by atoms with Gasteiger partial charge in [0.25, 0.3) is 0 Å². The SMILES string of the molecule is CCOC(=O)CNS(=O)(=O)c1cccc(C(C)NC)c1. The number of hydrogen-bond acceptors (Lipinski definition) is 5. The fraction of sp³-hybridized carbons (Fsp3) is 0.462. The van der Waals surface area contributed by atoms with Crippen molar-refractivity contribution in [1.82, 2.24) is 10.0 Å². The Balaban J connectivity index is 2.84. The molecule has 1 atom stereocenters. The third-order valence-corrected chi connectivity index (χ3v) is 4.21. The van der Waals surface area contributed by atoms with Gasteiger partial charge < -0.3 is 10.1 Å². The number of sulfonamides is 1. The summed E-state index contributed by atoms with van der Waals surface area (Å²) in [4.78, 5) is 11.3. The number of ether oxygens (including phenoxy) is 1. The molecule has 1 aromatic rings. The largest absolute Gasteiger partial charge is 0.465 e. The van der Waals surface area contributed by atoms with Crippen molar-refractivity contribution in [2.75, 3.05) is 20.2 Å². The molecule has 0 aromatic heterocycles. The molecule has 1 rings (SSSR count). The second kappa shape index (κ2) is 7.37. The van der Waals surface area contributed by atoms with Gasteiger partial charge in [0.15, 0.2) is 0 Å². The molecule has 20 heavy (non-hydrogen) atoms. The first-order chi connectivity index (χ1) is 9.40. The van der Waals surface area contributed by atoms with E-state index in [1.165, 1.54) is 6.07 Å². The summed E-state index contributed by atoms with van der Waals surface area (Å²) in [6, 6.07) is 6.61. The molecule has 0 saturated carbocycles. The van der Waals surface area contributed by atoms with Crippen molar-refractivity contribution in [3.63, 3.8) is 0 Å². The van der Waals surface area contributed by atoms with E-state index < -0.39 is 16.0 Å². The highest BCUT2D eigenvalue weighted by molar-refractivity contribution is 7.89. The number of carbonyl (C=O) groups excluding carboxylic acids is 1. The topological polar surface area (TPSA) is 84.5 Å². The lowest BCUT2D eigenvalue weighted by Gasteiger charge is -2.12. The summed E-state index contributed by atoms with van der Waals surface area (Å²) in [6.45, 7) is 3.44. The van der Waals surface area contributed by atoms with E-state index in [4.69, 9.17) is 0 Å². The highest BCUT2D eigenvalue weighted by Gasteiger charge is 2.17. The Labute approximate surface area is 119 Å². The van der Waals surface area contributed by atoms with Gasteiger partial charge in [0.05, 0.1) is 11.5 Å². The summed E-state index contributed by atoms with van der Waals surface area (Å²) in [7, 11) is -1.92. The number of rotatable bonds is 7. The Morgan fingerprint density at radius 2 is 2.10 bits per heavy atom. The number of hydrogen-bond donors (Lipinski definition) is 2. The minimum Gasteiger partial charge on any atom is -0.465 e. The van der Waals surface area contributed by atoms with Crippen LogP contribution in [0.5, 0.6) is 0 Å². The minimum atomic E-state index is -3.72. The van der Waals surface area contributed by atoms with Crippen molar-refractivity contribution in [3.8, 4) is 0 Å². The third-order valence-electron chi connectivity index (χ3n) is 2.81. The molecule has 0 bridgehead atoms. The Morgan fingerprint density at radius 1 is 1.40 bits per heavy atom. The molecule has 0 aliphatic rings. The fourth-order valence-corrected chi connectivity index (χ4v) is 2.59. The molecule has 7 heteroatoms. The maximum Gasteiger partial charge on any atom is 0.321 e. The molecule has 6 nitrogen and oxygen atoms in total. The molecule has 112 valence electrons. The normalized spacial score (nSPS) is 12.9. The molecule has 1 unspecified atom stereocenters. The molecular formula is C13H20N2O4S. The molecular weight excluding hydrogens is 280 g/mol. The second-order valence-electron chi connectivity index (χ2n) is 4.21. The molecule has 0 fully saturated rings. The smallest absolute Gasteiger partial charge is 0.321 e.